The molecular weight excluding hydrogens is 470 g/mol. The number of likely N-dealkylation sites (tertiary alicyclic amines) is 1. The Hall–Kier alpha value is -2.97. The summed E-state index contributed by atoms with van der Waals surface area (Å²) in [5, 5.41) is 10.2. The molecule has 198 valence electrons. The molecule has 7 atom stereocenters. The van der Waals surface area contributed by atoms with Crippen LogP contribution in [0.25, 0.3) is 0 Å². The van der Waals surface area contributed by atoms with Gasteiger partial charge in [-0.2, -0.15) is 0 Å². The topological polar surface area (TPSA) is 90.4 Å². The number of aliphatic hydroxyl groups excluding tert-OH is 1. The van der Waals surface area contributed by atoms with E-state index in [9.17, 15) is 19.5 Å². The van der Waals surface area contributed by atoms with Gasteiger partial charge < -0.3 is 24.5 Å². The zero-order valence-electron chi connectivity index (χ0n) is 21.8. The minimum Gasteiger partial charge on any atom is -0.394 e. The molecular formula is C29H37N3O5. The summed E-state index contributed by atoms with van der Waals surface area (Å²) in [4.78, 5) is 47.6. The van der Waals surface area contributed by atoms with E-state index in [0.29, 0.717) is 19.5 Å². The first-order valence-electron chi connectivity index (χ1n) is 13.5. The van der Waals surface area contributed by atoms with Crippen molar-refractivity contribution < 1.29 is 24.2 Å². The normalized spacial score (nSPS) is 32.6. The quantitative estimate of drug-likeness (QED) is 0.573. The molecule has 4 heterocycles. The van der Waals surface area contributed by atoms with E-state index in [1.54, 1.807) is 9.80 Å². The van der Waals surface area contributed by atoms with Crippen LogP contribution in [0.3, 0.4) is 0 Å². The third-order valence-corrected chi connectivity index (χ3v) is 8.51. The fourth-order valence-electron chi connectivity index (χ4n) is 6.71. The van der Waals surface area contributed by atoms with Gasteiger partial charge in [-0.05, 0) is 31.9 Å². The second-order valence-corrected chi connectivity index (χ2v) is 10.6. The number of amides is 3. The Morgan fingerprint density at radius 3 is 2.49 bits per heavy atom. The lowest BCUT2D eigenvalue weighted by molar-refractivity contribution is -0.151. The number of hydrogen-bond donors (Lipinski definition) is 1. The first-order valence-corrected chi connectivity index (χ1v) is 13.5. The summed E-state index contributed by atoms with van der Waals surface area (Å²) in [6.45, 7) is 6.54. The van der Waals surface area contributed by atoms with Crippen molar-refractivity contribution in [3.05, 3.63) is 54.6 Å². The Kier molecular flexibility index (Phi) is 6.98. The molecule has 0 radical (unpaired) electrons. The molecule has 4 aliphatic heterocycles. The monoisotopic (exact) mass is 507 g/mol. The predicted octanol–water partition coefficient (Wildman–Crippen LogP) is 2.53. The van der Waals surface area contributed by atoms with Crippen molar-refractivity contribution in [2.75, 3.05) is 24.6 Å². The molecule has 1 aromatic rings. The molecule has 2 fully saturated rings. The molecule has 8 nitrogen and oxygen atoms in total. The van der Waals surface area contributed by atoms with Gasteiger partial charge in [0.25, 0.3) is 0 Å². The third kappa shape index (κ3) is 3.92. The van der Waals surface area contributed by atoms with Crippen LogP contribution in [0.5, 0.6) is 0 Å². The minimum absolute atomic E-state index is 0.00974. The number of anilines is 1. The van der Waals surface area contributed by atoms with E-state index in [2.05, 4.69) is 6.92 Å². The van der Waals surface area contributed by atoms with Gasteiger partial charge >= 0.3 is 0 Å². The third-order valence-electron chi connectivity index (χ3n) is 8.51. The molecule has 0 aliphatic carbocycles. The fraction of sp³-hybridized carbons (Fsp3) is 0.552. The molecule has 3 amide bonds. The first kappa shape index (κ1) is 25.7. The molecule has 8 heteroatoms. The first-order chi connectivity index (χ1) is 17.9. The fourth-order valence-corrected chi connectivity index (χ4v) is 6.71. The van der Waals surface area contributed by atoms with Gasteiger partial charge in [0.2, 0.25) is 17.7 Å². The number of nitrogens with zero attached hydrogens (tertiary/aromatic N) is 3. The molecule has 2 saturated heterocycles. The van der Waals surface area contributed by atoms with Crippen LogP contribution in [0, 0.1) is 11.8 Å². The van der Waals surface area contributed by atoms with Gasteiger partial charge in [-0.3, -0.25) is 14.4 Å². The molecule has 1 spiro atoms. The molecule has 2 unspecified atom stereocenters. The summed E-state index contributed by atoms with van der Waals surface area (Å²) < 4.78 is 6.68. The van der Waals surface area contributed by atoms with Gasteiger partial charge in [0.15, 0.2) is 0 Å². The van der Waals surface area contributed by atoms with Crippen LogP contribution in [0.1, 0.15) is 40.0 Å². The van der Waals surface area contributed by atoms with Crippen molar-refractivity contribution in [2.24, 2.45) is 11.8 Å². The SMILES string of the molecule is CCCC(C)N1CC=C[C@]23O[C@H]4C=CCN(c5ccccc5)C(=O)[C@H]4[C@H]2C(=O)N([C@@H](CC)CO)C3C1=O. The Bertz CT molecular complexity index is 1100. The van der Waals surface area contributed by atoms with Gasteiger partial charge in [0.05, 0.1) is 30.6 Å². The highest BCUT2D eigenvalue weighted by Crippen LogP contribution is 2.54. The molecule has 0 aromatic heterocycles. The van der Waals surface area contributed by atoms with E-state index in [1.165, 1.54) is 0 Å². The van der Waals surface area contributed by atoms with Crippen LogP contribution in [-0.4, -0.2) is 82.2 Å². The number of aliphatic hydroxyl groups is 1. The average Bonchev–Trinajstić information content (AvgIpc) is 3.21. The van der Waals surface area contributed by atoms with Gasteiger partial charge in [-0.25, -0.2) is 0 Å². The highest BCUT2D eigenvalue weighted by Gasteiger charge is 2.72. The summed E-state index contributed by atoms with van der Waals surface area (Å²) in [5.41, 5.74) is -0.515. The number of carbonyl (C=O) groups is 3. The van der Waals surface area contributed by atoms with E-state index >= 15 is 0 Å². The summed E-state index contributed by atoms with van der Waals surface area (Å²) in [6, 6.07) is 7.94. The Balaban J connectivity index is 1.61. The van der Waals surface area contributed by atoms with Crippen molar-refractivity contribution in [1.82, 2.24) is 9.80 Å². The summed E-state index contributed by atoms with van der Waals surface area (Å²) in [5.74, 6) is -2.28. The van der Waals surface area contributed by atoms with Gasteiger partial charge in [0.1, 0.15) is 11.6 Å². The zero-order chi connectivity index (χ0) is 26.3. The van der Waals surface area contributed by atoms with Crippen molar-refractivity contribution in [1.29, 1.82) is 0 Å². The number of para-hydroxylation sites is 1. The van der Waals surface area contributed by atoms with Crippen molar-refractivity contribution in [2.45, 2.75) is 69.9 Å². The molecule has 0 bridgehead atoms. The maximum Gasteiger partial charge on any atom is 0.249 e. The van der Waals surface area contributed by atoms with Crippen LogP contribution >= 0.6 is 0 Å². The predicted molar refractivity (Wildman–Crippen MR) is 140 cm³/mol. The largest absolute Gasteiger partial charge is 0.394 e. The highest BCUT2D eigenvalue weighted by molar-refractivity contribution is 6.04. The Morgan fingerprint density at radius 2 is 1.81 bits per heavy atom. The van der Waals surface area contributed by atoms with Gasteiger partial charge in [-0.15, -0.1) is 0 Å². The van der Waals surface area contributed by atoms with Gasteiger partial charge in [-0.1, -0.05) is 62.8 Å². The van der Waals surface area contributed by atoms with Crippen LogP contribution in [0.4, 0.5) is 5.69 Å². The number of ether oxygens (including phenoxy) is 1. The molecule has 4 aliphatic rings. The van der Waals surface area contributed by atoms with Crippen molar-refractivity contribution >= 4 is 23.4 Å². The minimum atomic E-state index is -1.27. The standard InChI is InChI=1S/C29H37N3O5/c1-4-11-19(3)30-17-10-15-29-24(27(35)32(20(5-2)18-33)25(29)28(30)36)23-22(37-29)14-9-16-31(26(23)34)21-12-7-6-8-13-21/h6-10,12-15,19-20,22-25,33H,4-5,11,16-18H2,1-3H3/t19?,20-,22-,23+,24-,25?,29-/m0/s1. The van der Waals surface area contributed by atoms with E-state index in [1.807, 2.05) is 73.4 Å². The van der Waals surface area contributed by atoms with Gasteiger partial charge in [0, 0.05) is 24.8 Å². The van der Waals surface area contributed by atoms with E-state index < -0.39 is 35.6 Å². The summed E-state index contributed by atoms with van der Waals surface area (Å²) >= 11 is 0. The average molecular weight is 508 g/mol. The van der Waals surface area contributed by atoms with E-state index in [4.69, 9.17) is 4.74 Å². The number of hydrogen-bond acceptors (Lipinski definition) is 5. The van der Waals surface area contributed by atoms with Crippen LogP contribution in [0.15, 0.2) is 54.6 Å². The van der Waals surface area contributed by atoms with Crippen molar-refractivity contribution in [3.8, 4) is 0 Å². The Morgan fingerprint density at radius 1 is 1.05 bits per heavy atom. The summed E-state index contributed by atoms with van der Waals surface area (Å²) in [7, 11) is 0. The molecule has 0 saturated carbocycles. The van der Waals surface area contributed by atoms with Crippen LogP contribution in [-0.2, 0) is 19.1 Å². The second-order valence-electron chi connectivity index (χ2n) is 10.6. The smallest absolute Gasteiger partial charge is 0.249 e. The number of fused-ring (bicyclic) bond motifs is 2. The lowest BCUT2D eigenvalue weighted by Crippen LogP contribution is -2.59. The number of rotatable bonds is 7. The van der Waals surface area contributed by atoms with Crippen LogP contribution in [0.2, 0.25) is 0 Å². The summed E-state index contributed by atoms with van der Waals surface area (Å²) in [6.07, 6.45) is 9.20. The van der Waals surface area contributed by atoms with E-state index in [0.717, 1.165) is 18.5 Å². The zero-order valence-corrected chi connectivity index (χ0v) is 21.8. The van der Waals surface area contributed by atoms with Crippen molar-refractivity contribution in [3.63, 3.8) is 0 Å². The number of carbonyl (C=O) groups excluding carboxylic acids is 3. The molecule has 5 rings (SSSR count). The molecule has 37 heavy (non-hydrogen) atoms. The highest BCUT2D eigenvalue weighted by atomic mass is 16.5. The van der Waals surface area contributed by atoms with Crippen LogP contribution < -0.4 is 4.90 Å². The Labute approximate surface area is 218 Å². The number of benzene rings is 1. The molecule has 1 N–H and O–H groups in total. The maximum absolute atomic E-state index is 14.3. The van der Waals surface area contributed by atoms with E-state index in [-0.39, 0.29) is 30.4 Å². The lowest BCUT2D eigenvalue weighted by atomic mass is 9.77. The molecule has 1 aromatic carbocycles. The second kappa shape index (κ2) is 10.1. The lowest BCUT2D eigenvalue weighted by Gasteiger charge is -2.39. The maximum atomic E-state index is 14.3.